The molecule has 0 fully saturated rings. The monoisotopic (exact) mass is 848 g/mol. The maximum atomic E-state index is 12.8. The van der Waals surface area contributed by atoms with Crippen molar-refractivity contribution in [2.24, 2.45) is 17.8 Å². The van der Waals surface area contributed by atoms with Gasteiger partial charge in [0.1, 0.15) is 24.2 Å². The Morgan fingerprint density at radius 1 is 0.583 bits per heavy atom. The van der Waals surface area contributed by atoms with Gasteiger partial charge in [-0.05, 0) is 76.2 Å². The predicted molar refractivity (Wildman–Crippen MR) is 240 cm³/mol. The predicted octanol–water partition coefficient (Wildman–Crippen LogP) is 11.8. The molecular formula is C49H85NO10. The third kappa shape index (κ3) is 27.5. The largest absolute Gasteiger partial charge is 0.493 e. The van der Waals surface area contributed by atoms with E-state index in [1.165, 1.54) is 0 Å². The first kappa shape index (κ1) is 54.7. The summed E-state index contributed by atoms with van der Waals surface area (Å²) in [4.78, 5) is 52.4. The highest BCUT2D eigenvalue weighted by atomic mass is 16.6. The number of carboxylic acid groups (broad SMARTS) is 2. The summed E-state index contributed by atoms with van der Waals surface area (Å²) in [7, 11) is 3.95. The molecule has 11 heteroatoms. The van der Waals surface area contributed by atoms with Gasteiger partial charge in [0.25, 0.3) is 0 Å². The Morgan fingerprint density at radius 3 is 1.60 bits per heavy atom. The van der Waals surface area contributed by atoms with E-state index in [2.05, 4.69) is 27.7 Å². The van der Waals surface area contributed by atoms with Crippen LogP contribution in [0.2, 0.25) is 0 Å². The van der Waals surface area contributed by atoms with Crippen molar-refractivity contribution in [1.29, 1.82) is 0 Å². The van der Waals surface area contributed by atoms with Crippen LogP contribution in [0.5, 0.6) is 11.5 Å². The molecule has 346 valence electrons. The van der Waals surface area contributed by atoms with Gasteiger partial charge >= 0.3 is 23.9 Å². The number of carbonyl (C=O) groups excluding carboxylic acids is 2. The second-order valence-corrected chi connectivity index (χ2v) is 17.1. The molecule has 0 aliphatic carbocycles. The lowest BCUT2D eigenvalue weighted by molar-refractivity contribution is -0.160. The molecule has 0 amide bonds. The Bertz CT molecular complexity index is 1290. The van der Waals surface area contributed by atoms with Crippen molar-refractivity contribution in [1.82, 2.24) is 4.90 Å². The number of hydrogen-bond donors (Lipinski definition) is 2. The van der Waals surface area contributed by atoms with Crippen LogP contribution in [-0.4, -0.2) is 79.0 Å². The molecule has 0 aromatic heterocycles. The van der Waals surface area contributed by atoms with Gasteiger partial charge in [0, 0.05) is 31.9 Å². The first-order chi connectivity index (χ1) is 28.9. The van der Waals surface area contributed by atoms with E-state index in [-0.39, 0.29) is 37.7 Å². The highest BCUT2D eigenvalue weighted by molar-refractivity contribution is 5.72. The van der Waals surface area contributed by atoms with E-state index in [0.717, 1.165) is 121 Å². The van der Waals surface area contributed by atoms with Gasteiger partial charge in [0.15, 0.2) is 0 Å². The zero-order chi connectivity index (χ0) is 44.4. The van der Waals surface area contributed by atoms with Crippen LogP contribution in [0.15, 0.2) is 18.2 Å². The smallest absolute Gasteiger partial charge is 0.306 e. The first-order valence-electron chi connectivity index (χ1n) is 23.8. The van der Waals surface area contributed by atoms with Crippen LogP contribution in [0.4, 0.5) is 0 Å². The number of esters is 2. The van der Waals surface area contributed by atoms with Gasteiger partial charge in [0.05, 0.1) is 25.0 Å². The molecule has 0 radical (unpaired) electrons. The summed E-state index contributed by atoms with van der Waals surface area (Å²) in [6.45, 7) is 9.60. The molecule has 1 aromatic carbocycles. The van der Waals surface area contributed by atoms with E-state index < -0.39 is 29.9 Å². The van der Waals surface area contributed by atoms with Crippen molar-refractivity contribution in [3.63, 3.8) is 0 Å². The fourth-order valence-electron chi connectivity index (χ4n) is 7.68. The molecule has 0 aliphatic rings. The van der Waals surface area contributed by atoms with Crippen LogP contribution in [0.25, 0.3) is 0 Å². The fraction of sp³-hybridized carbons (Fsp3) is 0.796. The molecule has 1 rings (SSSR count). The summed E-state index contributed by atoms with van der Waals surface area (Å²) in [6, 6.07) is 5.69. The first-order valence-corrected chi connectivity index (χ1v) is 23.8. The summed E-state index contributed by atoms with van der Waals surface area (Å²) in [5.74, 6) is -2.76. The summed E-state index contributed by atoms with van der Waals surface area (Å²) >= 11 is 0. The third-order valence-electron chi connectivity index (χ3n) is 11.2. The number of benzene rings is 1. The van der Waals surface area contributed by atoms with Crippen LogP contribution in [0.3, 0.4) is 0 Å². The minimum atomic E-state index is -0.872. The molecule has 0 spiro atoms. The van der Waals surface area contributed by atoms with Crippen LogP contribution < -0.4 is 9.47 Å². The van der Waals surface area contributed by atoms with Crippen molar-refractivity contribution >= 4 is 23.9 Å². The Kier molecular flexibility index (Phi) is 32.1. The molecule has 0 bridgehead atoms. The lowest BCUT2D eigenvalue weighted by Crippen LogP contribution is -2.29. The molecule has 60 heavy (non-hydrogen) atoms. The Hall–Kier alpha value is -3.34. The highest BCUT2D eigenvalue weighted by Gasteiger charge is 2.32. The molecule has 2 unspecified atom stereocenters. The molecule has 0 aliphatic heterocycles. The maximum absolute atomic E-state index is 12.8. The topological polar surface area (TPSA) is 149 Å². The van der Waals surface area contributed by atoms with Crippen molar-refractivity contribution in [2.75, 3.05) is 33.9 Å². The summed E-state index contributed by atoms with van der Waals surface area (Å²) in [5, 5.41) is 20.5. The normalized spacial score (nSPS) is 13.4. The minimum absolute atomic E-state index is 0.0215. The van der Waals surface area contributed by atoms with Crippen molar-refractivity contribution < 1.29 is 48.3 Å². The number of aliphatic carboxylic acids is 2. The number of unbranched alkanes of at least 4 members (excludes halogenated alkanes) is 14. The van der Waals surface area contributed by atoms with Gasteiger partial charge in [0.2, 0.25) is 0 Å². The standard InChI is InChI=1S/C49H85NO10/c1-7-11-15-19-23-27-46(51)59-38-42(60-47(52)28-24-20-16-12-8-2)30-32-58-44-34-39(37-50(5)6)33-43(36-44)57-31-29-40(45(49(55)56)26-22-18-14-10-4)35-41(48(53)54)25-21-17-13-9-3/h33-34,36,40-42,45H,7-32,35,37-38H2,1-6H3,(H,53,54)(H,55,56)/t40?,41?,42-,45-/m0/s1. The Balaban J connectivity index is 3.11. The summed E-state index contributed by atoms with van der Waals surface area (Å²) in [5.41, 5.74) is 0.959. The number of carboxylic acids is 2. The average Bonchev–Trinajstić information content (AvgIpc) is 3.19. The number of rotatable bonds is 40. The van der Waals surface area contributed by atoms with Crippen molar-refractivity contribution in [2.45, 2.75) is 201 Å². The third-order valence-corrected chi connectivity index (χ3v) is 11.2. The van der Waals surface area contributed by atoms with Crippen LogP contribution >= 0.6 is 0 Å². The molecular weight excluding hydrogens is 763 g/mol. The van der Waals surface area contributed by atoms with Crippen LogP contribution in [-0.2, 0) is 35.2 Å². The van der Waals surface area contributed by atoms with Crippen molar-refractivity contribution in [3.05, 3.63) is 23.8 Å². The molecule has 0 saturated carbocycles. The SMILES string of the molecule is CCCCCCCC(=O)OC[C@H](CCOc1cc(CN(C)C)cc(OCCC(CC(CCCCCC)C(=O)O)[C@H](CCCCCC)C(=O)O)c1)OC(=O)CCCCCCC. The van der Waals surface area contributed by atoms with E-state index in [9.17, 15) is 29.4 Å². The van der Waals surface area contributed by atoms with Crippen molar-refractivity contribution in [3.8, 4) is 11.5 Å². The van der Waals surface area contributed by atoms with E-state index in [1.54, 1.807) is 6.07 Å². The highest BCUT2D eigenvalue weighted by Crippen LogP contribution is 2.32. The number of nitrogens with zero attached hydrogens (tertiary/aromatic N) is 1. The lowest BCUT2D eigenvalue weighted by Gasteiger charge is -2.27. The van der Waals surface area contributed by atoms with E-state index in [4.69, 9.17) is 18.9 Å². The number of carbonyl (C=O) groups is 4. The lowest BCUT2D eigenvalue weighted by atomic mass is 9.78. The van der Waals surface area contributed by atoms with Gasteiger partial charge in [-0.25, -0.2) is 0 Å². The average molecular weight is 848 g/mol. The quantitative estimate of drug-likeness (QED) is 0.0480. The molecule has 2 N–H and O–H groups in total. The molecule has 0 saturated heterocycles. The number of hydrogen-bond acceptors (Lipinski definition) is 9. The van der Waals surface area contributed by atoms with E-state index in [0.29, 0.717) is 63.0 Å². The zero-order valence-electron chi connectivity index (χ0n) is 38.7. The van der Waals surface area contributed by atoms with Gasteiger partial charge in [-0.1, -0.05) is 130 Å². The molecule has 4 atom stereocenters. The maximum Gasteiger partial charge on any atom is 0.306 e. The van der Waals surface area contributed by atoms with E-state index in [1.807, 2.05) is 31.1 Å². The molecule has 11 nitrogen and oxygen atoms in total. The van der Waals surface area contributed by atoms with E-state index >= 15 is 0 Å². The Morgan fingerprint density at radius 2 is 1.08 bits per heavy atom. The number of ether oxygens (including phenoxy) is 4. The van der Waals surface area contributed by atoms with Crippen LogP contribution in [0, 0.1) is 17.8 Å². The van der Waals surface area contributed by atoms with Crippen LogP contribution in [0.1, 0.15) is 194 Å². The summed E-state index contributed by atoms with van der Waals surface area (Å²) < 4.78 is 24.0. The molecule has 0 heterocycles. The second-order valence-electron chi connectivity index (χ2n) is 17.1. The summed E-state index contributed by atoms with van der Waals surface area (Å²) in [6.07, 6.45) is 20.1. The zero-order valence-corrected chi connectivity index (χ0v) is 38.7. The molecule has 1 aromatic rings. The van der Waals surface area contributed by atoms with Gasteiger partial charge in [-0.3, -0.25) is 19.2 Å². The Labute approximate surface area is 364 Å². The van der Waals surface area contributed by atoms with Gasteiger partial charge in [-0.15, -0.1) is 0 Å². The van der Waals surface area contributed by atoms with Gasteiger partial charge in [-0.2, -0.15) is 0 Å². The fourth-order valence-corrected chi connectivity index (χ4v) is 7.68. The minimum Gasteiger partial charge on any atom is -0.493 e. The van der Waals surface area contributed by atoms with Gasteiger partial charge < -0.3 is 34.1 Å². The second kappa shape index (κ2) is 35.3.